The molecule has 0 fully saturated rings. The number of hydrogen-bond donors (Lipinski definition) is 0. The average Bonchev–Trinajstić information content (AvgIpc) is 2.28. The summed E-state index contributed by atoms with van der Waals surface area (Å²) < 4.78 is 38.1. The molecule has 1 aromatic carbocycles. The van der Waals surface area contributed by atoms with Gasteiger partial charge in [0, 0.05) is 5.56 Å². The fourth-order valence-corrected chi connectivity index (χ4v) is 2.28. The molecule has 1 rings (SSSR count). The fourth-order valence-electron chi connectivity index (χ4n) is 2.28. The maximum absolute atomic E-state index is 12.7. The first-order chi connectivity index (χ1) is 9.12. The van der Waals surface area contributed by atoms with Crippen LogP contribution in [0.2, 0.25) is 0 Å². The first-order valence-corrected chi connectivity index (χ1v) is 6.85. The normalized spacial score (nSPS) is 12.2. The van der Waals surface area contributed by atoms with Crippen LogP contribution in [0.1, 0.15) is 49.2 Å². The summed E-state index contributed by atoms with van der Waals surface area (Å²) in [5, 5.41) is 0. The van der Waals surface area contributed by atoms with Crippen molar-refractivity contribution in [1.29, 1.82) is 0 Å². The Morgan fingerprint density at radius 2 is 1.60 bits per heavy atom. The number of benzene rings is 1. The van der Waals surface area contributed by atoms with Crippen LogP contribution in [-0.4, -0.2) is 12.0 Å². The van der Waals surface area contributed by atoms with Crippen LogP contribution >= 0.6 is 0 Å². The maximum atomic E-state index is 12.7. The zero-order valence-corrected chi connectivity index (χ0v) is 12.3. The molecule has 0 aliphatic carbocycles. The molecule has 1 nitrogen and oxygen atoms in total. The van der Waals surface area contributed by atoms with Crippen molar-refractivity contribution in [1.82, 2.24) is 0 Å². The van der Waals surface area contributed by atoms with Crippen molar-refractivity contribution in [2.75, 3.05) is 0 Å². The number of halogens is 3. The van der Waals surface area contributed by atoms with E-state index in [1.807, 2.05) is 33.8 Å². The molecule has 112 valence electrons. The second-order valence-electron chi connectivity index (χ2n) is 5.97. The molecule has 0 radical (unpaired) electrons. The Morgan fingerprint density at radius 1 is 1.05 bits per heavy atom. The lowest BCUT2D eigenvalue weighted by Gasteiger charge is -2.18. The second kappa shape index (κ2) is 6.42. The van der Waals surface area contributed by atoms with Crippen molar-refractivity contribution in [2.24, 2.45) is 11.8 Å². The highest BCUT2D eigenvalue weighted by Gasteiger charge is 2.40. The number of alkyl halides is 3. The van der Waals surface area contributed by atoms with Gasteiger partial charge in [0.15, 0.2) is 0 Å². The zero-order chi connectivity index (χ0) is 15.5. The first-order valence-electron chi connectivity index (χ1n) is 6.85. The van der Waals surface area contributed by atoms with Crippen LogP contribution in [0.15, 0.2) is 18.2 Å². The molecule has 0 saturated carbocycles. The molecule has 0 saturated heterocycles. The monoisotopic (exact) mass is 286 g/mol. The van der Waals surface area contributed by atoms with Crippen molar-refractivity contribution in [2.45, 2.75) is 46.7 Å². The third kappa shape index (κ3) is 4.36. The predicted molar refractivity (Wildman–Crippen MR) is 73.9 cm³/mol. The van der Waals surface area contributed by atoms with Crippen molar-refractivity contribution in [3.63, 3.8) is 0 Å². The number of carbonyl (C=O) groups excluding carboxylic acids is 1. The first kappa shape index (κ1) is 16.7. The van der Waals surface area contributed by atoms with E-state index in [0.29, 0.717) is 24.3 Å². The van der Waals surface area contributed by atoms with Crippen molar-refractivity contribution < 1.29 is 18.0 Å². The molecule has 0 bridgehead atoms. The molecule has 0 aliphatic rings. The van der Waals surface area contributed by atoms with E-state index in [0.717, 1.165) is 5.56 Å². The molecule has 0 unspecified atom stereocenters. The van der Waals surface area contributed by atoms with E-state index in [-0.39, 0.29) is 11.5 Å². The van der Waals surface area contributed by atoms with E-state index in [2.05, 4.69) is 0 Å². The summed E-state index contributed by atoms with van der Waals surface area (Å²) in [4.78, 5) is 11.6. The van der Waals surface area contributed by atoms with Gasteiger partial charge in [-0.3, -0.25) is 4.79 Å². The van der Waals surface area contributed by atoms with Gasteiger partial charge in [-0.2, -0.15) is 13.2 Å². The molecule has 0 aromatic heterocycles. The van der Waals surface area contributed by atoms with Gasteiger partial charge in [-0.25, -0.2) is 0 Å². The quantitative estimate of drug-likeness (QED) is 0.709. The highest BCUT2D eigenvalue weighted by molar-refractivity contribution is 6.01. The Kier molecular flexibility index (Phi) is 5.37. The molecule has 0 spiro atoms. The Morgan fingerprint density at radius 3 is 2.05 bits per heavy atom. The molecule has 0 N–H and O–H groups in total. The Bertz CT molecular complexity index is 473. The number of Topliss-reactive ketones (excluding diaryl/α,β-unsaturated/α-hetero) is 1. The number of rotatable bonds is 5. The summed E-state index contributed by atoms with van der Waals surface area (Å²) in [6, 6.07) is 4.66. The number of ketones is 1. The minimum absolute atomic E-state index is 0.190. The lowest BCUT2D eigenvalue weighted by Crippen LogP contribution is -2.25. The van der Waals surface area contributed by atoms with Crippen molar-refractivity contribution in [3.8, 4) is 0 Å². The largest absolute Gasteiger partial charge is 0.454 e. The SMILES string of the molecule is CC(C)Cc1cccc(C(=O)C(F)(F)F)c1CC(C)C. The summed E-state index contributed by atoms with van der Waals surface area (Å²) >= 11 is 0. The fraction of sp³-hybridized carbons (Fsp3) is 0.562. The third-order valence-electron chi connectivity index (χ3n) is 3.02. The summed E-state index contributed by atoms with van der Waals surface area (Å²) in [6.07, 6.45) is -3.65. The van der Waals surface area contributed by atoms with Gasteiger partial charge in [0.1, 0.15) is 0 Å². The van der Waals surface area contributed by atoms with Gasteiger partial charge >= 0.3 is 6.18 Å². The van der Waals surface area contributed by atoms with Crippen LogP contribution in [0.3, 0.4) is 0 Å². The van der Waals surface area contributed by atoms with Crippen molar-refractivity contribution in [3.05, 3.63) is 34.9 Å². The van der Waals surface area contributed by atoms with Gasteiger partial charge in [0.05, 0.1) is 0 Å². The van der Waals surface area contributed by atoms with Crippen molar-refractivity contribution >= 4 is 5.78 Å². The molecule has 1 aromatic rings. The highest BCUT2D eigenvalue weighted by atomic mass is 19.4. The molecule has 4 heteroatoms. The zero-order valence-electron chi connectivity index (χ0n) is 12.3. The average molecular weight is 286 g/mol. The number of hydrogen-bond acceptors (Lipinski definition) is 1. The molecular formula is C16H21F3O. The summed E-state index contributed by atoms with van der Waals surface area (Å²) in [5.74, 6) is -1.21. The van der Waals surface area contributed by atoms with Gasteiger partial charge in [-0.1, -0.05) is 45.9 Å². The highest BCUT2D eigenvalue weighted by Crippen LogP contribution is 2.28. The molecule has 0 heterocycles. The molecule has 0 atom stereocenters. The van der Waals surface area contributed by atoms with E-state index in [1.165, 1.54) is 6.07 Å². The second-order valence-corrected chi connectivity index (χ2v) is 5.97. The van der Waals surface area contributed by atoms with Gasteiger partial charge in [-0.05, 0) is 35.8 Å². The van der Waals surface area contributed by atoms with Gasteiger partial charge in [0.2, 0.25) is 0 Å². The molecule has 0 amide bonds. The smallest absolute Gasteiger partial charge is 0.284 e. The Labute approximate surface area is 118 Å². The van der Waals surface area contributed by atoms with Gasteiger partial charge < -0.3 is 0 Å². The maximum Gasteiger partial charge on any atom is 0.454 e. The van der Waals surface area contributed by atoms with Crippen LogP contribution < -0.4 is 0 Å². The lowest BCUT2D eigenvalue weighted by molar-refractivity contribution is -0.0885. The van der Waals surface area contributed by atoms with Crippen LogP contribution in [0.5, 0.6) is 0 Å². The van der Waals surface area contributed by atoms with Gasteiger partial charge in [-0.15, -0.1) is 0 Å². The minimum Gasteiger partial charge on any atom is -0.284 e. The van der Waals surface area contributed by atoms with E-state index >= 15 is 0 Å². The van der Waals surface area contributed by atoms with Gasteiger partial charge in [0.25, 0.3) is 5.78 Å². The lowest BCUT2D eigenvalue weighted by atomic mass is 9.88. The Hall–Kier alpha value is -1.32. The van der Waals surface area contributed by atoms with Crippen LogP contribution in [0.4, 0.5) is 13.2 Å². The number of carbonyl (C=O) groups is 1. The topological polar surface area (TPSA) is 17.1 Å². The van der Waals surface area contributed by atoms with Crippen LogP contribution in [-0.2, 0) is 12.8 Å². The molecule has 20 heavy (non-hydrogen) atoms. The standard InChI is InChI=1S/C16H21F3O/c1-10(2)8-12-6-5-7-13(14(12)9-11(3)4)15(20)16(17,18)19/h5-7,10-11H,8-9H2,1-4H3. The van der Waals surface area contributed by atoms with E-state index in [1.54, 1.807) is 6.07 Å². The van der Waals surface area contributed by atoms with E-state index in [9.17, 15) is 18.0 Å². The summed E-state index contributed by atoms with van der Waals surface area (Å²) in [6.45, 7) is 7.90. The Balaban J connectivity index is 3.32. The van der Waals surface area contributed by atoms with Crippen LogP contribution in [0.25, 0.3) is 0 Å². The minimum atomic E-state index is -4.82. The third-order valence-corrected chi connectivity index (χ3v) is 3.02. The van der Waals surface area contributed by atoms with E-state index < -0.39 is 12.0 Å². The molecule has 0 aliphatic heterocycles. The summed E-state index contributed by atoms with van der Waals surface area (Å²) in [7, 11) is 0. The predicted octanol–water partition coefficient (Wildman–Crippen LogP) is 4.83. The van der Waals surface area contributed by atoms with E-state index in [4.69, 9.17) is 0 Å². The summed E-state index contributed by atoms with van der Waals surface area (Å²) in [5.41, 5.74) is 1.21. The molecular weight excluding hydrogens is 265 g/mol. The van der Waals surface area contributed by atoms with Crippen LogP contribution in [0, 0.1) is 11.8 Å².